The molecule has 0 spiro atoms. The minimum atomic E-state index is -0.664. The van der Waals surface area contributed by atoms with E-state index in [1.54, 1.807) is 18.2 Å². The summed E-state index contributed by atoms with van der Waals surface area (Å²) in [5.74, 6) is 0.0132. The number of carbonyl (C=O) groups is 1. The quantitative estimate of drug-likeness (QED) is 0.731. The SMILES string of the molecule is C=CCOc1cccnc1C(=O)NCC(O)Cc1ccccc1. The smallest absolute Gasteiger partial charge is 0.273 e. The number of nitrogens with one attached hydrogen (secondary N) is 1. The Bertz CT molecular complexity index is 644. The largest absolute Gasteiger partial charge is 0.487 e. The molecular weight excluding hydrogens is 292 g/mol. The molecule has 1 amide bonds. The van der Waals surface area contributed by atoms with Crippen molar-refractivity contribution in [1.29, 1.82) is 0 Å². The number of rotatable bonds is 8. The third kappa shape index (κ3) is 5.23. The predicted molar refractivity (Wildman–Crippen MR) is 88.4 cm³/mol. The standard InChI is InChI=1S/C18H20N2O3/c1-2-11-23-16-9-6-10-19-17(16)18(22)20-13-15(21)12-14-7-4-3-5-8-14/h2-10,15,21H,1,11-13H2,(H,20,22). The van der Waals surface area contributed by atoms with Crippen LogP contribution in [0.4, 0.5) is 0 Å². The van der Waals surface area contributed by atoms with Crippen LogP contribution in [-0.4, -0.2) is 35.3 Å². The first-order valence-corrected chi connectivity index (χ1v) is 7.39. The molecular formula is C18H20N2O3. The Balaban J connectivity index is 1.90. The topological polar surface area (TPSA) is 71.5 Å². The average molecular weight is 312 g/mol. The van der Waals surface area contributed by atoms with Crippen LogP contribution in [0, 0.1) is 0 Å². The van der Waals surface area contributed by atoms with Gasteiger partial charge in [0.25, 0.3) is 5.91 Å². The summed E-state index contributed by atoms with van der Waals surface area (Å²) in [6, 6.07) is 13.0. The van der Waals surface area contributed by atoms with Gasteiger partial charge in [0.15, 0.2) is 11.4 Å². The van der Waals surface area contributed by atoms with Gasteiger partial charge < -0.3 is 15.2 Å². The average Bonchev–Trinajstić information content (AvgIpc) is 2.59. The molecule has 23 heavy (non-hydrogen) atoms. The number of aliphatic hydroxyl groups is 1. The zero-order valence-corrected chi connectivity index (χ0v) is 12.8. The van der Waals surface area contributed by atoms with E-state index in [1.807, 2.05) is 30.3 Å². The third-order valence-electron chi connectivity index (χ3n) is 3.15. The number of hydrogen-bond donors (Lipinski definition) is 2. The van der Waals surface area contributed by atoms with Gasteiger partial charge in [-0.15, -0.1) is 0 Å². The molecule has 2 N–H and O–H groups in total. The van der Waals surface area contributed by atoms with Gasteiger partial charge in [0.2, 0.25) is 0 Å². The molecule has 0 fully saturated rings. The number of pyridine rings is 1. The number of benzene rings is 1. The molecule has 0 bridgehead atoms. The van der Waals surface area contributed by atoms with Crippen LogP contribution < -0.4 is 10.1 Å². The molecule has 0 saturated carbocycles. The van der Waals surface area contributed by atoms with E-state index in [0.717, 1.165) is 5.56 Å². The second-order valence-corrected chi connectivity index (χ2v) is 5.00. The predicted octanol–water partition coefficient (Wildman–Crippen LogP) is 1.98. The van der Waals surface area contributed by atoms with E-state index in [9.17, 15) is 9.90 Å². The van der Waals surface area contributed by atoms with Crippen LogP contribution in [0.15, 0.2) is 61.3 Å². The van der Waals surface area contributed by atoms with Gasteiger partial charge >= 0.3 is 0 Å². The first-order chi connectivity index (χ1) is 11.2. The maximum atomic E-state index is 12.2. The first kappa shape index (κ1) is 16.7. The van der Waals surface area contributed by atoms with Gasteiger partial charge in [-0.3, -0.25) is 4.79 Å². The summed E-state index contributed by atoms with van der Waals surface area (Å²) in [5.41, 5.74) is 1.21. The second-order valence-electron chi connectivity index (χ2n) is 5.00. The number of amides is 1. The zero-order valence-electron chi connectivity index (χ0n) is 12.8. The zero-order chi connectivity index (χ0) is 16.5. The maximum absolute atomic E-state index is 12.2. The Morgan fingerprint density at radius 2 is 2.09 bits per heavy atom. The van der Waals surface area contributed by atoms with Crippen LogP contribution >= 0.6 is 0 Å². The number of aliphatic hydroxyl groups excluding tert-OH is 1. The van der Waals surface area contributed by atoms with Gasteiger partial charge in [-0.05, 0) is 17.7 Å². The molecule has 1 heterocycles. The first-order valence-electron chi connectivity index (χ1n) is 7.39. The van der Waals surface area contributed by atoms with Crippen molar-refractivity contribution in [2.75, 3.05) is 13.2 Å². The molecule has 2 aromatic rings. The highest BCUT2D eigenvalue weighted by Crippen LogP contribution is 2.15. The van der Waals surface area contributed by atoms with Gasteiger partial charge in [0.1, 0.15) is 6.61 Å². The summed E-state index contributed by atoms with van der Waals surface area (Å²) in [4.78, 5) is 16.2. The minimum absolute atomic E-state index is 0.144. The van der Waals surface area contributed by atoms with Crippen molar-refractivity contribution in [2.45, 2.75) is 12.5 Å². The highest BCUT2D eigenvalue weighted by atomic mass is 16.5. The molecule has 5 nitrogen and oxygen atoms in total. The van der Waals surface area contributed by atoms with Crippen LogP contribution in [-0.2, 0) is 6.42 Å². The van der Waals surface area contributed by atoms with E-state index in [1.165, 1.54) is 6.20 Å². The normalized spacial score (nSPS) is 11.5. The summed E-state index contributed by atoms with van der Waals surface area (Å²) in [6.45, 7) is 4.01. The molecule has 1 atom stereocenters. The van der Waals surface area contributed by atoms with Gasteiger partial charge in [0, 0.05) is 19.2 Å². The molecule has 0 saturated heterocycles. The lowest BCUT2D eigenvalue weighted by Crippen LogP contribution is -2.33. The molecule has 0 aliphatic rings. The third-order valence-corrected chi connectivity index (χ3v) is 3.15. The van der Waals surface area contributed by atoms with Crippen molar-refractivity contribution in [3.63, 3.8) is 0 Å². The number of hydrogen-bond acceptors (Lipinski definition) is 4. The molecule has 5 heteroatoms. The van der Waals surface area contributed by atoms with Gasteiger partial charge in [-0.25, -0.2) is 4.98 Å². The van der Waals surface area contributed by atoms with Crippen LogP contribution in [0.3, 0.4) is 0 Å². The van der Waals surface area contributed by atoms with Crippen molar-refractivity contribution >= 4 is 5.91 Å². The van der Waals surface area contributed by atoms with E-state index >= 15 is 0 Å². The Labute approximate surface area is 135 Å². The number of ether oxygens (including phenoxy) is 1. The van der Waals surface area contributed by atoms with E-state index in [0.29, 0.717) is 18.8 Å². The van der Waals surface area contributed by atoms with E-state index < -0.39 is 6.10 Å². The molecule has 0 radical (unpaired) electrons. The van der Waals surface area contributed by atoms with E-state index in [-0.39, 0.29) is 18.1 Å². The Morgan fingerprint density at radius 1 is 1.30 bits per heavy atom. The lowest BCUT2D eigenvalue weighted by Gasteiger charge is -2.13. The number of carbonyl (C=O) groups excluding carboxylic acids is 1. The molecule has 0 aliphatic heterocycles. The number of nitrogens with zero attached hydrogens (tertiary/aromatic N) is 1. The highest BCUT2D eigenvalue weighted by molar-refractivity contribution is 5.94. The number of aromatic nitrogens is 1. The molecule has 1 unspecified atom stereocenters. The molecule has 2 rings (SSSR count). The molecule has 1 aromatic heterocycles. The Hall–Kier alpha value is -2.66. The maximum Gasteiger partial charge on any atom is 0.273 e. The van der Waals surface area contributed by atoms with Gasteiger partial charge in [-0.2, -0.15) is 0 Å². The van der Waals surface area contributed by atoms with Crippen LogP contribution in [0.5, 0.6) is 5.75 Å². The van der Waals surface area contributed by atoms with Crippen LogP contribution in [0.1, 0.15) is 16.1 Å². The molecule has 0 aliphatic carbocycles. The van der Waals surface area contributed by atoms with Crippen molar-refractivity contribution in [2.24, 2.45) is 0 Å². The van der Waals surface area contributed by atoms with Crippen molar-refractivity contribution in [3.05, 3.63) is 72.6 Å². The van der Waals surface area contributed by atoms with Crippen molar-refractivity contribution in [3.8, 4) is 5.75 Å². The van der Waals surface area contributed by atoms with E-state index in [2.05, 4.69) is 16.9 Å². The lowest BCUT2D eigenvalue weighted by molar-refractivity contribution is 0.0907. The highest BCUT2D eigenvalue weighted by Gasteiger charge is 2.15. The summed E-state index contributed by atoms with van der Waals surface area (Å²) in [6.07, 6.45) is 2.93. The molecule has 1 aromatic carbocycles. The molecule has 120 valence electrons. The fourth-order valence-corrected chi connectivity index (χ4v) is 2.08. The van der Waals surface area contributed by atoms with Crippen molar-refractivity contribution in [1.82, 2.24) is 10.3 Å². The van der Waals surface area contributed by atoms with Crippen LogP contribution in [0.25, 0.3) is 0 Å². The van der Waals surface area contributed by atoms with E-state index in [4.69, 9.17) is 4.74 Å². The fraction of sp³-hybridized carbons (Fsp3) is 0.222. The van der Waals surface area contributed by atoms with Gasteiger partial charge in [0.05, 0.1) is 6.10 Å². The second kappa shape index (κ2) is 8.70. The minimum Gasteiger partial charge on any atom is -0.487 e. The Morgan fingerprint density at radius 3 is 2.83 bits per heavy atom. The summed E-state index contributed by atoms with van der Waals surface area (Å²) in [7, 11) is 0. The summed E-state index contributed by atoms with van der Waals surface area (Å²) in [5, 5.41) is 12.7. The monoisotopic (exact) mass is 312 g/mol. The van der Waals surface area contributed by atoms with Gasteiger partial charge in [-0.1, -0.05) is 43.0 Å². The lowest BCUT2D eigenvalue weighted by atomic mass is 10.1. The Kier molecular flexibility index (Phi) is 6.32. The van der Waals surface area contributed by atoms with Crippen molar-refractivity contribution < 1.29 is 14.6 Å². The van der Waals surface area contributed by atoms with Crippen LogP contribution in [0.2, 0.25) is 0 Å². The summed E-state index contributed by atoms with van der Waals surface area (Å²) >= 11 is 0. The summed E-state index contributed by atoms with van der Waals surface area (Å²) < 4.78 is 5.41. The fourth-order valence-electron chi connectivity index (χ4n) is 2.08.